The van der Waals surface area contributed by atoms with Crippen molar-refractivity contribution in [1.82, 2.24) is 9.55 Å². The minimum atomic E-state index is 0.541. The minimum absolute atomic E-state index is 0.541. The first kappa shape index (κ1) is 17.2. The van der Waals surface area contributed by atoms with Gasteiger partial charge in [0.05, 0.1) is 21.9 Å². The van der Waals surface area contributed by atoms with Crippen LogP contribution in [0.2, 0.25) is 10.0 Å². The third-order valence-electron chi connectivity index (χ3n) is 3.81. The van der Waals surface area contributed by atoms with E-state index in [1.165, 1.54) is 10.5 Å². The Bertz CT molecular complexity index is 844. The molecule has 0 unspecified atom stereocenters. The normalized spacial score (nSPS) is 10.8. The smallest absolute Gasteiger partial charge is 0.203 e. The third kappa shape index (κ3) is 3.72. The van der Waals surface area contributed by atoms with E-state index in [-0.39, 0.29) is 0 Å². The van der Waals surface area contributed by atoms with Crippen molar-refractivity contribution in [2.75, 3.05) is 11.6 Å². The standard InChI is InChI=1S/C18H17Cl2N3S/c1-23-17(13-5-8-15(19)16(20)9-13)11-22-18(23)21-10-12-3-6-14(24-2)7-4-12/h3-9,11H,10H2,1-2H3,(H,21,22). The summed E-state index contributed by atoms with van der Waals surface area (Å²) in [6, 6.07) is 14.1. The molecule has 3 aromatic rings. The van der Waals surface area contributed by atoms with Crippen LogP contribution in [-0.2, 0) is 13.6 Å². The van der Waals surface area contributed by atoms with Gasteiger partial charge in [-0.25, -0.2) is 4.98 Å². The molecular formula is C18H17Cl2N3S. The Morgan fingerprint density at radius 2 is 1.83 bits per heavy atom. The van der Waals surface area contributed by atoms with E-state index in [0.717, 1.165) is 23.8 Å². The monoisotopic (exact) mass is 377 g/mol. The number of benzene rings is 2. The van der Waals surface area contributed by atoms with Crippen LogP contribution < -0.4 is 5.32 Å². The predicted octanol–water partition coefficient (Wildman–Crippen LogP) is 5.73. The van der Waals surface area contributed by atoms with E-state index in [1.54, 1.807) is 17.8 Å². The van der Waals surface area contributed by atoms with Crippen molar-refractivity contribution in [2.24, 2.45) is 7.05 Å². The molecule has 2 aromatic carbocycles. The minimum Gasteiger partial charge on any atom is -0.352 e. The summed E-state index contributed by atoms with van der Waals surface area (Å²) < 4.78 is 2.01. The second kappa shape index (κ2) is 7.51. The Balaban J connectivity index is 1.75. The summed E-state index contributed by atoms with van der Waals surface area (Å²) in [6.45, 7) is 0.723. The zero-order chi connectivity index (χ0) is 17.1. The van der Waals surface area contributed by atoms with E-state index in [2.05, 4.69) is 40.8 Å². The molecule has 3 rings (SSSR count). The topological polar surface area (TPSA) is 29.9 Å². The summed E-state index contributed by atoms with van der Waals surface area (Å²) in [5.74, 6) is 0.810. The SMILES string of the molecule is CSc1ccc(CNc2ncc(-c3ccc(Cl)c(Cl)c3)n2C)cc1. The Morgan fingerprint density at radius 3 is 2.50 bits per heavy atom. The second-order valence-corrected chi connectivity index (χ2v) is 7.05. The highest BCUT2D eigenvalue weighted by molar-refractivity contribution is 7.98. The quantitative estimate of drug-likeness (QED) is 0.575. The van der Waals surface area contributed by atoms with Gasteiger partial charge in [0.2, 0.25) is 5.95 Å². The Kier molecular flexibility index (Phi) is 5.39. The molecule has 0 atom stereocenters. The number of rotatable bonds is 5. The fourth-order valence-electron chi connectivity index (χ4n) is 2.42. The molecule has 0 saturated carbocycles. The number of thioether (sulfide) groups is 1. The molecule has 1 aromatic heterocycles. The van der Waals surface area contributed by atoms with Crippen LogP contribution in [0, 0.1) is 0 Å². The Labute approximate surface area is 156 Å². The van der Waals surface area contributed by atoms with Crippen LogP contribution in [-0.4, -0.2) is 15.8 Å². The number of hydrogen-bond acceptors (Lipinski definition) is 3. The van der Waals surface area contributed by atoms with Gasteiger partial charge in [0.15, 0.2) is 0 Å². The Morgan fingerprint density at radius 1 is 1.08 bits per heavy atom. The third-order valence-corrected chi connectivity index (χ3v) is 5.30. The number of nitrogens with one attached hydrogen (secondary N) is 1. The van der Waals surface area contributed by atoms with Crippen molar-refractivity contribution < 1.29 is 0 Å². The summed E-state index contributed by atoms with van der Waals surface area (Å²) in [5.41, 5.74) is 3.18. The lowest BCUT2D eigenvalue weighted by Gasteiger charge is -2.09. The molecule has 1 N–H and O–H groups in total. The highest BCUT2D eigenvalue weighted by Crippen LogP contribution is 2.29. The molecular weight excluding hydrogens is 361 g/mol. The summed E-state index contributed by atoms with van der Waals surface area (Å²) in [7, 11) is 1.98. The molecule has 0 aliphatic rings. The van der Waals surface area contributed by atoms with E-state index in [4.69, 9.17) is 23.2 Å². The molecule has 24 heavy (non-hydrogen) atoms. The largest absolute Gasteiger partial charge is 0.352 e. The molecule has 124 valence electrons. The lowest BCUT2D eigenvalue weighted by Crippen LogP contribution is -2.05. The van der Waals surface area contributed by atoms with Crippen LogP contribution in [0.15, 0.2) is 53.6 Å². The van der Waals surface area contributed by atoms with Gasteiger partial charge >= 0.3 is 0 Å². The first-order valence-corrected chi connectivity index (χ1v) is 9.40. The van der Waals surface area contributed by atoms with Crippen LogP contribution in [0.4, 0.5) is 5.95 Å². The van der Waals surface area contributed by atoms with Crippen molar-refractivity contribution in [3.63, 3.8) is 0 Å². The van der Waals surface area contributed by atoms with Crippen LogP contribution in [0.5, 0.6) is 0 Å². The van der Waals surface area contributed by atoms with E-state index < -0.39 is 0 Å². The molecule has 0 radical (unpaired) electrons. The molecule has 0 aliphatic carbocycles. The number of nitrogens with zero attached hydrogens (tertiary/aromatic N) is 2. The zero-order valence-electron chi connectivity index (χ0n) is 13.4. The molecule has 0 bridgehead atoms. The summed E-state index contributed by atoms with van der Waals surface area (Å²) >= 11 is 13.8. The van der Waals surface area contributed by atoms with Gasteiger partial charge in [-0.05, 0) is 36.1 Å². The van der Waals surface area contributed by atoms with Crippen LogP contribution in [0.3, 0.4) is 0 Å². The first-order chi connectivity index (χ1) is 11.6. The predicted molar refractivity (Wildman–Crippen MR) is 104 cm³/mol. The van der Waals surface area contributed by atoms with Crippen molar-refractivity contribution in [3.8, 4) is 11.3 Å². The fourth-order valence-corrected chi connectivity index (χ4v) is 3.13. The Hall–Kier alpha value is -1.62. The highest BCUT2D eigenvalue weighted by Gasteiger charge is 2.10. The van der Waals surface area contributed by atoms with Crippen LogP contribution in [0.1, 0.15) is 5.56 Å². The summed E-state index contributed by atoms with van der Waals surface area (Å²) in [6.07, 6.45) is 3.91. The van der Waals surface area contributed by atoms with Crippen molar-refractivity contribution in [3.05, 3.63) is 64.3 Å². The first-order valence-electron chi connectivity index (χ1n) is 7.42. The van der Waals surface area contributed by atoms with Gasteiger partial charge in [0.25, 0.3) is 0 Å². The lowest BCUT2D eigenvalue weighted by atomic mass is 10.2. The number of imidazole rings is 1. The average molecular weight is 378 g/mol. The fraction of sp³-hybridized carbons (Fsp3) is 0.167. The maximum atomic E-state index is 6.11. The van der Waals surface area contributed by atoms with Crippen LogP contribution >= 0.6 is 35.0 Å². The van der Waals surface area contributed by atoms with E-state index in [1.807, 2.05) is 29.9 Å². The molecule has 0 saturated heterocycles. The van der Waals surface area contributed by atoms with Gasteiger partial charge in [-0.15, -0.1) is 11.8 Å². The van der Waals surface area contributed by atoms with Crippen molar-refractivity contribution in [1.29, 1.82) is 0 Å². The molecule has 0 aliphatic heterocycles. The number of anilines is 1. The molecule has 0 spiro atoms. The van der Waals surface area contributed by atoms with Gasteiger partial charge in [0, 0.05) is 24.1 Å². The maximum Gasteiger partial charge on any atom is 0.203 e. The number of halogens is 2. The van der Waals surface area contributed by atoms with Gasteiger partial charge < -0.3 is 9.88 Å². The van der Waals surface area contributed by atoms with Gasteiger partial charge in [0.1, 0.15) is 0 Å². The molecule has 0 amide bonds. The maximum absolute atomic E-state index is 6.11. The van der Waals surface area contributed by atoms with Crippen molar-refractivity contribution >= 4 is 40.9 Å². The summed E-state index contributed by atoms with van der Waals surface area (Å²) in [5, 5.41) is 4.46. The molecule has 0 fully saturated rings. The highest BCUT2D eigenvalue weighted by atomic mass is 35.5. The van der Waals surface area contributed by atoms with E-state index in [0.29, 0.717) is 10.0 Å². The van der Waals surface area contributed by atoms with Crippen LogP contribution in [0.25, 0.3) is 11.3 Å². The number of aromatic nitrogens is 2. The van der Waals surface area contributed by atoms with Crippen molar-refractivity contribution in [2.45, 2.75) is 11.4 Å². The molecule has 3 nitrogen and oxygen atoms in total. The number of hydrogen-bond donors (Lipinski definition) is 1. The van der Waals surface area contributed by atoms with Gasteiger partial charge in [-0.2, -0.15) is 0 Å². The van der Waals surface area contributed by atoms with Gasteiger partial charge in [-0.3, -0.25) is 0 Å². The molecule has 1 heterocycles. The summed E-state index contributed by atoms with van der Waals surface area (Å²) in [4.78, 5) is 5.73. The lowest BCUT2D eigenvalue weighted by molar-refractivity contribution is 0.906. The van der Waals surface area contributed by atoms with E-state index >= 15 is 0 Å². The van der Waals surface area contributed by atoms with Gasteiger partial charge in [-0.1, -0.05) is 41.4 Å². The zero-order valence-corrected chi connectivity index (χ0v) is 15.7. The average Bonchev–Trinajstić information content (AvgIpc) is 2.97. The van der Waals surface area contributed by atoms with E-state index in [9.17, 15) is 0 Å². The molecule has 6 heteroatoms. The second-order valence-electron chi connectivity index (χ2n) is 5.36.